The van der Waals surface area contributed by atoms with E-state index in [2.05, 4.69) is 53.6 Å². The summed E-state index contributed by atoms with van der Waals surface area (Å²) in [5.74, 6) is 0. The number of hydrogen-bond donors (Lipinski definition) is 1. The Morgan fingerprint density at radius 1 is 1.00 bits per heavy atom. The molecule has 0 unspecified atom stereocenters. The summed E-state index contributed by atoms with van der Waals surface area (Å²) in [6.07, 6.45) is 5.15. The minimum Gasteiger partial charge on any atom is -0.386 e. The van der Waals surface area contributed by atoms with Gasteiger partial charge >= 0.3 is 0 Å². The van der Waals surface area contributed by atoms with E-state index < -0.39 is 0 Å². The summed E-state index contributed by atoms with van der Waals surface area (Å²) in [5, 5.41) is 19.4. The highest BCUT2D eigenvalue weighted by molar-refractivity contribution is 5.80. The van der Waals surface area contributed by atoms with Crippen molar-refractivity contribution in [3.8, 4) is 11.8 Å². The highest BCUT2D eigenvalue weighted by Crippen LogP contribution is 2.24. The number of nitrogens with one attached hydrogen (secondary N) is 1. The number of benzene rings is 2. The molecule has 1 aromatic heterocycles. The summed E-state index contributed by atoms with van der Waals surface area (Å²) in [5.41, 5.74) is 6.62. The average Bonchev–Trinajstić information content (AvgIpc) is 3.25. The summed E-state index contributed by atoms with van der Waals surface area (Å²) >= 11 is 0. The van der Waals surface area contributed by atoms with E-state index in [1.807, 2.05) is 42.7 Å². The van der Waals surface area contributed by atoms with Crippen LogP contribution in [0.5, 0.6) is 0 Å². The highest BCUT2D eigenvalue weighted by Gasteiger charge is 2.12. The van der Waals surface area contributed by atoms with Crippen LogP contribution in [-0.2, 0) is 6.54 Å². The number of rotatable bonds is 1. The van der Waals surface area contributed by atoms with Crippen molar-refractivity contribution in [1.82, 2.24) is 20.1 Å². The Hall–Kier alpha value is -3.39. The van der Waals surface area contributed by atoms with Crippen molar-refractivity contribution < 1.29 is 0 Å². The normalized spacial score (nSPS) is 11.3. The first-order valence-corrected chi connectivity index (χ1v) is 9.03. The van der Waals surface area contributed by atoms with Crippen LogP contribution in [0.1, 0.15) is 36.1 Å². The minimum atomic E-state index is 0.727. The van der Waals surface area contributed by atoms with E-state index in [9.17, 15) is 0 Å². The van der Waals surface area contributed by atoms with E-state index in [1.54, 1.807) is 18.9 Å². The average molecular weight is 359 g/mol. The molecule has 5 heteroatoms. The van der Waals surface area contributed by atoms with Gasteiger partial charge in [0.2, 0.25) is 0 Å². The van der Waals surface area contributed by atoms with Crippen molar-refractivity contribution in [3.05, 3.63) is 83.6 Å². The maximum atomic E-state index is 8.87. The molecule has 5 nitrogen and oxygen atoms in total. The number of allylic oxidation sites excluding steroid dienone is 1. The summed E-state index contributed by atoms with van der Waals surface area (Å²) in [6.45, 7) is 8.96. The second-order valence-corrected chi connectivity index (χ2v) is 5.86. The van der Waals surface area contributed by atoms with Crippen LogP contribution in [0.3, 0.4) is 0 Å². The van der Waals surface area contributed by atoms with Crippen LogP contribution >= 0.6 is 0 Å². The van der Waals surface area contributed by atoms with Gasteiger partial charge in [0, 0.05) is 18.4 Å². The quantitative estimate of drug-likeness (QED) is 0.691. The Bertz CT molecular complexity index is 916. The Kier molecular flexibility index (Phi) is 7.33. The van der Waals surface area contributed by atoms with E-state index in [0.29, 0.717) is 0 Å². The van der Waals surface area contributed by atoms with E-state index in [0.717, 1.165) is 23.4 Å². The van der Waals surface area contributed by atoms with Crippen LogP contribution in [0.4, 0.5) is 0 Å². The van der Waals surface area contributed by atoms with Gasteiger partial charge in [-0.15, -0.1) is 10.2 Å². The van der Waals surface area contributed by atoms with Crippen LogP contribution in [-0.4, -0.2) is 14.8 Å². The summed E-state index contributed by atoms with van der Waals surface area (Å²) < 4.78 is 1.87. The second kappa shape index (κ2) is 9.93. The van der Waals surface area contributed by atoms with Gasteiger partial charge in [-0.3, -0.25) is 4.57 Å². The lowest BCUT2D eigenvalue weighted by Gasteiger charge is -2.16. The Morgan fingerprint density at radius 2 is 1.67 bits per heavy atom. The molecule has 138 valence electrons. The zero-order valence-electron chi connectivity index (χ0n) is 16.3. The van der Waals surface area contributed by atoms with Crippen molar-refractivity contribution in [2.45, 2.75) is 34.2 Å². The predicted octanol–water partition coefficient (Wildman–Crippen LogP) is 4.56. The molecule has 4 rings (SSSR count). The van der Waals surface area contributed by atoms with E-state index in [4.69, 9.17) is 5.26 Å². The topological polar surface area (TPSA) is 66.5 Å². The molecule has 27 heavy (non-hydrogen) atoms. The Balaban J connectivity index is 0.000000178. The summed E-state index contributed by atoms with van der Waals surface area (Å²) in [4.78, 5) is 0. The maximum Gasteiger partial charge on any atom is 0.123 e. The Morgan fingerprint density at radius 3 is 2.30 bits per heavy atom. The molecule has 0 atom stereocenters. The molecule has 0 spiro atoms. The van der Waals surface area contributed by atoms with E-state index in [-0.39, 0.29) is 0 Å². The smallest absolute Gasteiger partial charge is 0.123 e. The number of aryl methyl sites for hydroxylation is 2. The fourth-order valence-electron chi connectivity index (χ4n) is 2.67. The van der Waals surface area contributed by atoms with Crippen LogP contribution in [0.2, 0.25) is 0 Å². The molecule has 0 aliphatic carbocycles. The third kappa shape index (κ3) is 5.05. The largest absolute Gasteiger partial charge is 0.386 e. The van der Waals surface area contributed by atoms with Gasteiger partial charge in [-0.1, -0.05) is 49.7 Å². The molecule has 2 aromatic carbocycles. The zero-order valence-corrected chi connectivity index (χ0v) is 16.3. The first-order chi connectivity index (χ1) is 13.2. The van der Waals surface area contributed by atoms with Gasteiger partial charge in [-0.25, -0.2) is 0 Å². The monoisotopic (exact) mass is 359 g/mol. The van der Waals surface area contributed by atoms with Crippen LogP contribution in [0.15, 0.2) is 61.3 Å². The van der Waals surface area contributed by atoms with Crippen molar-refractivity contribution in [1.29, 1.82) is 5.26 Å². The lowest BCUT2D eigenvalue weighted by atomic mass is 9.95. The van der Waals surface area contributed by atoms with Gasteiger partial charge in [0.05, 0.1) is 5.57 Å². The molecule has 2 heterocycles. The number of nitrogens with zero attached hydrogens (tertiary/aromatic N) is 4. The third-order valence-electron chi connectivity index (χ3n) is 4.10. The molecule has 1 aliphatic rings. The summed E-state index contributed by atoms with van der Waals surface area (Å²) in [6, 6.07) is 16.5. The van der Waals surface area contributed by atoms with E-state index in [1.165, 1.54) is 16.7 Å². The molecular weight excluding hydrogens is 334 g/mol. The van der Waals surface area contributed by atoms with Gasteiger partial charge in [0.1, 0.15) is 18.7 Å². The standard InChI is InChI=1S/C11H10N2.C9H9N3.C2H6/c1-8-3-2-4-10-9(5-12)6-13-7-11(8)10;1-8-2-4-9(5-3-8)12-6-10-11-7-12;1-2/h2-4,6,13H,7H2,1H3;2-7H,1H3;1-2H3. The molecule has 1 aliphatic heterocycles. The fourth-order valence-corrected chi connectivity index (χ4v) is 2.67. The number of fused-ring (bicyclic) bond motifs is 1. The first-order valence-electron chi connectivity index (χ1n) is 9.03. The molecule has 0 saturated carbocycles. The molecule has 1 N–H and O–H groups in total. The van der Waals surface area contributed by atoms with E-state index >= 15 is 0 Å². The van der Waals surface area contributed by atoms with Gasteiger partial charge in [-0.2, -0.15) is 5.26 Å². The SMILES string of the molecule is CC.Cc1ccc(-n2cnnc2)cc1.Cc1cccc2c1CNC=C2C#N. The molecule has 0 saturated heterocycles. The molecule has 3 aromatic rings. The van der Waals surface area contributed by atoms with Gasteiger partial charge in [0.25, 0.3) is 0 Å². The minimum absolute atomic E-state index is 0.727. The van der Waals surface area contributed by atoms with Crippen LogP contribution in [0, 0.1) is 25.2 Å². The Labute approximate surface area is 161 Å². The van der Waals surface area contributed by atoms with Gasteiger partial charge < -0.3 is 5.32 Å². The number of hydrogen-bond acceptors (Lipinski definition) is 4. The highest BCUT2D eigenvalue weighted by atomic mass is 15.2. The van der Waals surface area contributed by atoms with Crippen molar-refractivity contribution in [2.24, 2.45) is 0 Å². The van der Waals surface area contributed by atoms with Crippen LogP contribution in [0.25, 0.3) is 11.3 Å². The van der Waals surface area contributed by atoms with Gasteiger partial charge in [-0.05, 0) is 42.7 Å². The molecule has 0 fully saturated rings. The lowest BCUT2D eigenvalue weighted by Crippen LogP contribution is -2.14. The van der Waals surface area contributed by atoms with Gasteiger partial charge in [0.15, 0.2) is 0 Å². The fraction of sp³-hybridized carbons (Fsp3) is 0.227. The first kappa shape index (κ1) is 19.9. The maximum absolute atomic E-state index is 8.87. The second-order valence-electron chi connectivity index (χ2n) is 5.86. The van der Waals surface area contributed by atoms with Crippen molar-refractivity contribution >= 4 is 5.57 Å². The predicted molar refractivity (Wildman–Crippen MR) is 109 cm³/mol. The van der Waals surface area contributed by atoms with Crippen molar-refractivity contribution in [2.75, 3.05) is 0 Å². The zero-order chi connectivity index (χ0) is 19.6. The number of nitriles is 1. The molecule has 0 amide bonds. The number of aromatic nitrogens is 3. The third-order valence-corrected chi connectivity index (χ3v) is 4.10. The molecular formula is C22H25N5. The molecule has 0 bridgehead atoms. The lowest BCUT2D eigenvalue weighted by molar-refractivity contribution is 0.847. The van der Waals surface area contributed by atoms with Crippen LogP contribution < -0.4 is 5.32 Å². The summed E-state index contributed by atoms with van der Waals surface area (Å²) in [7, 11) is 0. The molecule has 0 radical (unpaired) electrons. The van der Waals surface area contributed by atoms with Crippen molar-refractivity contribution in [3.63, 3.8) is 0 Å².